The van der Waals surface area contributed by atoms with Crippen molar-refractivity contribution in [3.8, 4) is 0 Å². The quantitative estimate of drug-likeness (QED) is 0.695. The monoisotopic (exact) mass is 232 g/mol. The lowest BCUT2D eigenvalue weighted by molar-refractivity contribution is -0.144. The molecule has 0 heterocycles. The van der Waals surface area contributed by atoms with Crippen LogP contribution in [0, 0.1) is 5.92 Å². The Labute approximate surface area is 94.0 Å². The van der Waals surface area contributed by atoms with Gasteiger partial charge in [-0.3, -0.25) is 9.00 Å². The third-order valence-corrected chi connectivity index (χ3v) is 4.99. The molecular weight excluding hydrogens is 212 g/mol. The second-order valence-corrected chi connectivity index (χ2v) is 5.99. The van der Waals surface area contributed by atoms with E-state index >= 15 is 0 Å². The van der Waals surface area contributed by atoms with Crippen molar-refractivity contribution in [1.82, 2.24) is 0 Å². The molecule has 0 amide bonds. The first-order chi connectivity index (χ1) is 7.15. The van der Waals surface area contributed by atoms with Crippen molar-refractivity contribution >= 4 is 16.8 Å². The van der Waals surface area contributed by atoms with Crippen LogP contribution in [-0.4, -0.2) is 28.3 Å². The standard InChI is InChI=1S/C11H20O3S/c1-9(11(12)14-2)8-15(13)10-6-4-3-5-7-10/h9-10H,3-8H2,1-2H3. The first-order valence-electron chi connectivity index (χ1n) is 5.60. The molecule has 3 nitrogen and oxygen atoms in total. The Bertz CT molecular complexity index is 234. The van der Waals surface area contributed by atoms with Gasteiger partial charge in [-0.25, -0.2) is 0 Å². The van der Waals surface area contributed by atoms with E-state index in [1.165, 1.54) is 26.4 Å². The highest BCUT2D eigenvalue weighted by atomic mass is 32.2. The number of esters is 1. The van der Waals surface area contributed by atoms with Crippen LogP contribution >= 0.6 is 0 Å². The lowest BCUT2D eigenvalue weighted by Crippen LogP contribution is -2.27. The summed E-state index contributed by atoms with van der Waals surface area (Å²) in [5, 5.41) is 0.311. The van der Waals surface area contributed by atoms with E-state index < -0.39 is 10.8 Å². The van der Waals surface area contributed by atoms with Crippen molar-refractivity contribution in [3.05, 3.63) is 0 Å². The van der Waals surface area contributed by atoms with Crippen LogP contribution < -0.4 is 0 Å². The molecule has 0 N–H and O–H groups in total. The fourth-order valence-corrected chi connectivity index (χ4v) is 3.74. The van der Waals surface area contributed by atoms with Gasteiger partial charge in [0.2, 0.25) is 0 Å². The highest BCUT2D eigenvalue weighted by molar-refractivity contribution is 7.85. The Morgan fingerprint density at radius 2 is 2.00 bits per heavy atom. The lowest BCUT2D eigenvalue weighted by atomic mass is 10.0. The zero-order valence-corrected chi connectivity index (χ0v) is 10.3. The van der Waals surface area contributed by atoms with Gasteiger partial charge in [0.25, 0.3) is 0 Å². The Kier molecular flexibility index (Phi) is 5.29. The van der Waals surface area contributed by atoms with Crippen LogP contribution in [0.25, 0.3) is 0 Å². The fourth-order valence-electron chi connectivity index (χ4n) is 1.98. The van der Waals surface area contributed by atoms with Crippen molar-refractivity contribution < 1.29 is 13.7 Å². The van der Waals surface area contributed by atoms with E-state index in [2.05, 4.69) is 4.74 Å². The third-order valence-electron chi connectivity index (χ3n) is 2.94. The van der Waals surface area contributed by atoms with Crippen molar-refractivity contribution in [2.45, 2.75) is 44.3 Å². The van der Waals surface area contributed by atoms with Crippen LogP contribution in [0.1, 0.15) is 39.0 Å². The minimum Gasteiger partial charge on any atom is -0.469 e. The molecule has 0 saturated heterocycles. The number of carbonyl (C=O) groups is 1. The van der Waals surface area contributed by atoms with Crippen LogP contribution in [0.4, 0.5) is 0 Å². The topological polar surface area (TPSA) is 43.4 Å². The number of hydrogen-bond donors (Lipinski definition) is 0. The minimum atomic E-state index is -0.860. The highest BCUT2D eigenvalue weighted by Crippen LogP contribution is 2.23. The van der Waals surface area contributed by atoms with Gasteiger partial charge in [0, 0.05) is 21.8 Å². The average molecular weight is 232 g/mol. The molecule has 4 heteroatoms. The van der Waals surface area contributed by atoms with Gasteiger partial charge < -0.3 is 4.74 Å². The number of ether oxygens (including phenoxy) is 1. The van der Waals surface area contributed by atoms with Crippen LogP contribution in [0.2, 0.25) is 0 Å². The van der Waals surface area contributed by atoms with Crippen LogP contribution in [0.5, 0.6) is 0 Å². The first-order valence-corrected chi connectivity index (χ1v) is 6.98. The molecule has 1 aliphatic carbocycles. The van der Waals surface area contributed by atoms with Crippen molar-refractivity contribution in [1.29, 1.82) is 0 Å². The summed E-state index contributed by atoms with van der Waals surface area (Å²) in [6.45, 7) is 1.78. The van der Waals surface area contributed by atoms with E-state index in [9.17, 15) is 9.00 Å². The molecule has 1 aliphatic rings. The molecule has 15 heavy (non-hydrogen) atoms. The third kappa shape index (κ3) is 3.93. The van der Waals surface area contributed by atoms with Gasteiger partial charge in [-0.15, -0.1) is 0 Å². The van der Waals surface area contributed by atoms with Gasteiger partial charge in [-0.1, -0.05) is 26.2 Å². The molecule has 0 aromatic rings. The number of methoxy groups -OCH3 is 1. The Hall–Kier alpha value is -0.380. The molecule has 1 fully saturated rings. The summed E-state index contributed by atoms with van der Waals surface area (Å²) in [6, 6.07) is 0. The van der Waals surface area contributed by atoms with Crippen LogP contribution in [0.3, 0.4) is 0 Å². The molecule has 2 unspecified atom stereocenters. The number of hydrogen-bond acceptors (Lipinski definition) is 3. The zero-order chi connectivity index (χ0) is 11.3. The van der Waals surface area contributed by atoms with Gasteiger partial charge in [0.1, 0.15) is 0 Å². The summed E-state index contributed by atoms with van der Waals surface area (Å²) in [6.07, 6.45) is 5.74. The van der Waals surface area contributed by atoms with Crippen molar-refractivity contribution in [2.24, 2.45) is 5.92 Å². The van der Waals surface area contributed by atoms with Gasteiger partial charge >= 0.3 is 5.97 Å². The normalized spacial score (nSPS) is 22.0. The zero-order valence-electron chi connectivity index (χ0n) is 9.53. The van der Waals surface area contributed by atoms with Crippen LogP contribution in [-0.2, 0) is 20.3 Å². The van der Waals surface area contributed by atoms with Crippen molar-refractivity contribution in [2.75, 3.05) is 12.9 Å². The maximum Gasteiger partial charge on any atom is 0.309 e. The summed E-state index contributed by atoms with van der Waals surface area (Å²) in [7, 11) is 0.518. The summed E-state index contributed by atoms with van der Waals surface area (Å²) in [5.74, 6) is -0.0333. The largest absolute Gasteiger partial charge is 0.469 e. The Morgan fingerprint density at radius 1 is 1.40 bits per heavy atom. The van der Waals surface area contributed by atoms with Gasteiger partial charge in [-0.05, 0) is 12.8 Å². The number of rotatable bonds is 4. The van der Waals surface area contributed by atoms with Gasteiger partial charge in [0.05, 0.1) is 13.0 Å². The molecule has 1 rings (SSSR count). The lowest BCUT2D eigenvalue weighted by Gasteiger charge is -2.21. The molecule has 0 spiro atoms. The minimum absolute atomic E-state index is 0.238. The molecule has 0 bridgehead atoms. The summed E-state index contributed by atoms with van der Waals surface area (Å²) in [5.41, 5.74) is 0. The van der Waals surface area contributed by atoms with E-state index in [0.29, 0.717) is 11.0 Å². The predicted octanol–water partition coefficient (Wildman–Crippen LogP) is 1.88. The summed E-state index contributed by atoms with van der Waals surface area (Å²) < 4.78 is 16.6. The predicted molar refractivity (Wildman–Crippen MR) is 61.1 cm³/mol. The summed E-state index contributed by atoms with van der Waals surface area (Å²) in [4.78, 5) is 11.2. The Morgan fingerprint density at radius 3 is 2.53 bits per heavy atom. The molecular formula is C11H20O3S. The van der Waals surface area contributed by atoms with E-state index in [0.717, 1.165) is 12.8 Å². The maximum absolute atomic E-state index is 11.9. The van der Waals surface area contributed by atoms with E-state index in [1.54, 1.807) is 6.92 Å². The van der Waals surface area contributed by atoms with Crippen molar-refractivity contribution in [3.63, 3.8) is 0 Å². The highest BCUT2D eigenvalue weighted by Gasteiger charge is 2.24. The fraction of sp³-hybridized carbons (Fsp3) is 0.909. The van der Waals surface area contributed by atoms with Gasteiger partial charge in [0.15, 0.2) is 0 Å². The summed E-state index contributed by atoms with van der Waals surface area (Å²) >= 11 is 0. The molecule has 0 aromatic carbocycles. The van der Waals surface area contributed by atoms with E-state index in [4.69, 9.17) is 0 Å². The SMILES string of the molecule is COC(=O)C(C)CS(=O)C1CCCCC1. The van der Waals surface area contributed by atoms with Crippen LogP contribution in [0.15, 0.2) is 0 Å². The molecule has 0 radical (unpaired) electrons. The maximum atomic E-state index is 11.9. The smallest absolute Gasteiger partial charge is 0.309 e. The average Bonchev–Trinajstić information content (AvgIpc) is 2.29. The first kappa shape index (κ1) is 12.7. The second-order valence-electron chi connectivity index (χ2n) is 4.23. The number of carbonyl (C=O) groups excluding carboxylic acids is 1. The molecule has 0 aliphatic heterocycles. The molecule has 1 saturated carbocycles. The second kappa shape index (κ2) is 6.26. The van der Waals surface area contributed by atoms with Gasteiger partial charge in [-0.2, -0.15) is 0 Å². The molecule has 2 atom stereocenters. The van der Waals surface area contributed by atoms with E-state index in [1.807, 2.05) is 0 Å². The molecule has 88 valence electrons. The molecule has 0 aromatic heterocycles. The Balaban J connectivity index is 2.36. The van der Waals surface area contributed by atoms with E-state index in [-0.39, 0.29) is 11.9 Å².